The van der Waals surface area contributed by atoms with E-state index in [4.69, 9.17) is 10.7 Å². The number of halogens is 2. The van der Waals surface area contributed by atoms with Gasteiger partial charge in [-0.2, -0.15) is 0 Å². The third-order valence-corrected chi connectivity index (χ3v) is 5.85. The molecule has 1 unspecified atom stereocenters. The van der Waals surface area contributed by atoms with Crippen molar-refractivity contribution in [3.63, 3.8) is 0 Å². The van der Waals surface area contributed by atoms with Gasteiger partial charge in [-0.15, -0.1) is 24.8 Å². The predicted molar refractivity (Wildman–Crippen MR) is 109 cm³/mol. The lowest BCUT2D eigenvalue weighted by Gasteiger charge is -2.26. The average Bonchev–Trinajstić information content (AvgIpc) is 3.28. The van der Waals surface area contributed by atoms with E-state index >= 15 is 0 Å². The van der Waals surface area contributed by atoms with Gasteiger partial charge in [0, 0.05) is 26.1 Å². The molecule has 1 saturated carbocycles. The second-order valence-corrected chi connectivity index (χ2v) is 7.32. The zero-order chi connectivity index (χ0) is 16.7. The summed E-state index contributed by atoms with van der Waals surface area (Å²) < 4.78 is 2.15. The molecule has 1 aliphatic heterocycles. The molecule has 7 heteroatoms. The Balaban J connectivity index is 0.00000121. The molecule has 1 aliphatic carbocycles. The molecule has 3 atom stereocenters. The van der Waals surface area contributed by atoms with Gasteiger partial charge in [-0.25, -0.2) is 4.98 Å². The normalized spacial score (nSPS) is 25.2. The number of nitrogens with zero attached hydrogens (tertiary/aromatic N) is 3. The number of likely N-dealkylation sites (tertiary alicyclic amines) is 1. The Hall–Kier alpha value is -1.30. The zero-order valence-electron chi connectivity index (χ0n) is 15.1. The Kier molecular flexibility index (Phi) is 6.94. The summed E-state index contributed by atoms with van der Waals surface area (Å²) in [6.07, 6.45) is 5.97. The van der Waals surface area contributed by atoms with Gasteiger partial charge in [0.1, 0.15) is 5.82 Å². The lowest BCUT2D eigenvalue weighted by molar-refractivity contribution is -0.133. The maximum absolute atomic E-state index is 12.9. The Morgan fingerprint density at radius 3 is 2.65 bits per heavy atom. The van der Waals surface area contributed by atoms with Crippen LogP contribution in [0, 0.1) is 5.92 Å². The summed E-state index contributed by atoms with van der Waals surface area (Å²) in [5, 5.41) is 0. The van der Waals surface area contributed by atoms with Crippen molar-refractivity contribution in [3.05, 3.63) is 30.1 Å². The van der Waals surface area contributed by atoms with Crippen molar-refractivity contribution in [1.82, 2.24) is 14.5 Å². The van der Waals surface area contributed by atoms with Crippen molar-refractivity contribution in [3.8, 4) is 0 Å². The molecule has 4 rings (SSSR count). The SMILES string of the molecule is Cl.Cl.Cn1c(C2CCCN2C(=O)C[C@@H]2CCC[C@H]2N)nc2ccccc21. The largest absolute Gasteiger partial charge is 0.332 e. The van der Waals surface area contributed by atoms with Crippen molar-refractivity contribution >= 4 is 41.8 Å². The highest BCUT2D eigenvalue weighted by Gasteiger charge is 2.35. The maximum atomic E-state index is 12.9. The monoisotopic (exact) mass is 398 g/mol. The Labute approximate surface area is 167 Å². The molecule has 0 radical (unpaired) electrons. The first-order chi connectivity index (χ1) is 11.6. The van der Waals surface area contributed by atoms with Gasteiger partial charge in [0.25, 0.3) is 0 Å². The van der Waals surface area contributed by atoms with Crippen LogP contribution in [0.5, 0.6) is 0 Å². The molecule has 0 spiro atoms. The number of nitrogens with two attached hydrogens (primary N) is 1. The number of carbonyl (C=O) groups is 1. The van der Waals surface area contributed by atoms with Crippen molar-refractivity contribution < 1.29 is 4.79 Å². The number of hydrogen-bond acceptors (Lipinski definition) is 3. The molecule has 1 aromatic carbocycles. The number of benzene rings is 1. The second-order valence-electron chi connectivity index (χ2n) is 7.32. The molecule has 2 aliphatic rings. The minimum absolute atomic E-state index is 0. The molecule has 2 heterocycles. The molecule has 1 aromatic heterocycles. The summed E-state index contributed by atoms with van der Waals surface area (Å²) in [7, 11) is 2.05. The summed E-state index contributed by atoms with van der Waals surface area (Å²) in [6.45, 7) is 0.842. The molecule has 1 saturated heterocycles. The van der Waals surface area contributed by atoms with Crippen LogP contribution in [-0.4, -0.2) is 32.9 Å². The number of rotatable bonds is 3. The molecular weight excluding hydrogens is 371 g/mol. The van der Waals surface area contributed by atoms with Gasteiger partial charge in [-0.05, 0) is 43.7 Å². The number of carbonyl (C=O) groups excluding carboxylic acids is 1. The fraction of sp³-hybridized carbons (Fsp3) is 0.579. The third kappa shape index (κ3) is 3.71. The van der Waals surface area contributed by atoms with E-state index in [9.17, 15) is 4.79 Å². The number of para-hydroxylation sites is 2. The number of aryl methyl sites for hydroxylation is 1. The van der Waals surface area contributed by atoms with Gasteiger partial charge in [-0.1, -0.05) is 18.6 Å². The quantitative estimate of drug-likeness (QED) is 0.858. The highest BCUT2D eigenvalue weighted by Crippen LogP contribution is 2.35. The van der Waals surface area contributed by atoms with Crippen LogP contribution in [0.3, 0.4) is 0 Å². The van der Waals surface area contributed by atoms with E-state index < -0.39 is 0 Å². The average molecular weight is 399 g/mol. The fourth-order valence-corrected chi connectivity index (χ4v) is 4.46. The van der Waals surface area contributed by atoms with Crippen LogP contribution in [0.2, 0.25) is 0 Å². The molecule has 1 amide bonds. The van der Waals surface area contributed by atoms with Gasteiger partial charge in [-0.3, -0.25) is 4.79 Å². The molecule has 26 heavy (non-hydrogen) atoms. The molecule has 144 valence electrons. The Bertz CT molecular complexity index is 763. The predicted octanol–water partition coefficient (Wildman–Crippen LogP) is 3.60. The fourth-order valence-electron chi connectivity index (χ4n) is 4.46. The van der Waals surface area contributed by atoms with Gasteiger partial charge in [0.2, 0.25) is 5.91 Å². The minimum atomic E-state index is 0. The number of aromatic nitrogens is 2. The van der Waals surface area contributed by atoms with Crippen molar-refractivity contribution in [2.24, 2.45) is 18.7 Å². The zero-order valence-corrected chi connectivity index (χ0v) is 16.8. The Morgan fingerprint density at radius 2 is 1.96 bits per heavy atom. The Morgan fingerprint density at radius 1 is 1.19 bits per heavy atom. The first kappa shape index (κ1) is 21.0. The van der Waals surface area contributed by atoms with Crippen LogP contribution >= 0.6 is 24.8 Å². The van der Waals surface area contributed by atoms with Crippen molar-refractivity contribution in [1.29, 1.82) is 0 Å². The van der Waals surface area contributed by atoms with E-state index in [0.717, 1.165) is 55.5 Å². The molecule has 2 fully saturated rings. The van der Waals surface area contributed by atoms with Gasteiger partial charge in [0.05, 0.1) is 17.1 Å². The van der Waals surface area contributed by atoms with Crippen LogP contribution in [-0.2, 0) is 11.8 Å². The van der Waals surface area contributed by atoms with E-state index in [0.29, 0.717) is 12.3 Å². The van der Waals surface area contributed by atoms with Gasteiger partial charge in [0.15, 0.2) is 0 Å². The van der Waals surface area contributed by atoms with Crippen LogP contribution < -0.4 is 5.73 Å². The summed E-state index contributed by atoms with van der Waals surface area (Å²) in [5.41, 5.74) is 8.30. The van der Waals surface area contributed by atoms with Crippen molar-refractivity contribution in [2.45, 2.75) is 50.6 Å². The van der Waals surface area contributed by atoms with Crippen molar-refractivity contribution in [2.75, 3.05) is 6.54 Å². The number of imidazole rings is 1. The number of hydrogen-bond donors (Lipinski definition) is 1. The highest BCUT2D eigenvalue weighted by atomic mass is 35.5. The summed E-state index contributed by atoms with van der Waals surface area (Å²) >= 11 is 0. The third-order valence-electron chi connectivity index (χ3n) is 5.85. The summed E-state index contributed by atoms with van der Waals surface area (Å²) in [5.74, 6) is 1.63. The summed E-state index contributed by atoms with van der Waals surface area (Å²) in [4.78, 5) is 19.8. The van der Waals surface area contributed by atoms with E-state index in [1.54, 1.807) is 0 Å². The first-order valence-electron chi connectivity index (χ1n) is 9.11. The molecule has 5 nitrogen and oxygen atoms in total. The lowest BCUT2D eigenvalue weighted by Crippen LogP contribution is -2.35. The van der Waals surface area contributed by atoms with E-state index in [1.807, 2.05) is 23.1 Å². The van der Waals surface area contributed by atoms with Crippen LogP contribution in [0.25, 0.3) is 11.0 Å². The van der Waals surface area contributed by atoms with E-state index in [1.165, 1.54) is 0 Å². The summed E-state index contributed by atoms with van der Waals surface area (Å²) in [6, 6.07) is 8.48. The highest BCUT2D eigenvalue weighted by molar-refractivity contribution is 5.85. The minimum Gasteiger partial charge on any atom is -0.332 e. The van der Waals surface area contributed by atoms with Gasteiger partial charge < -0.3 is 15.2 Å². The van der Waals surface area contributed by atoms with E-state index in [2.05, 4.69) is 17.7 Å². The molecular formula is C19H28Cl2N4O. The maximum Gasteiger partial charge on any atom is 0.223 e. The van der Waals surface area contributed by atoms with Gasteiger partial charge >= 0.3 is 0 Å². The second kappa shape index (κ2) is 8.59. The topological polar surface area (TPSA) is 64.2 Å². The number of fused-ring (bicyclic) bond motifs is 1. The standard InChI is InChI=1S/C19H26N4O.2ClH/c1-22-16-9-3-2-8-15(16)21-19(22)17-10-5-11-23(17)18(24)12-13-6-4-7-14(13)20;;/h2-3,8-9,13-14,17H,4-7,10-12,20H2,1H3;2*1H/t13-,14+,17?;;/m0../s1. The molecule has 2 aromatic rings. The molecule has 2 N–H and O–H groups in total. The van der Waals surface area contributed by atoms with E-state index in [-0.39, 0.29) is 42.8 Å². The molecule has 0 bridgehead atoms. The first-order valence-corrected chi connectivity index (χ1v) is 9.11. The van der Waals surface area contributed by atoms with Crippen LogP contribution in [0.4, 0.5) is 0 Å². The smallest absolute Gasteiger partial charge is 0.223 e. The van der Waals surface area contributed by atoms with Crippen LogP contribution in [0.15, 0.2) is 24.3 Å². The van der Waals surface area contributed by atoms with Crippen LogP contribution in [0.1, 0.15) is 50.4 Å². The number of amides is 1. The lowest BCUT2D eigenvalue weighted by atomic mass is 9.99.